The van der Waals surface area contributed by atoms with Gasteiger partial charge in [0.2, 0.25) is 5.91 Å². The molecule has 0 saturated carbocycles. The standard InChI is InChI=1S/C22H26N4O3/c1-29-19(27)13-23-22(28)16-9-6-12-26(14-16)21-17-10-5-11-18(17)24-20(25-21)15-7-3-2-4-8-15/h2-4,7-8,16H,5-6,9-14H2,1H3,(H,23,28). The predicted molar refractivity (Wildman–Crippen MR) is 109 cm³/mol. The zero-order valence-electron chi connectivity index (χ0n) is 16.7. The molecule has 1 aliphatic heterocycles. The maximum absolute atomic E-state index is 12.5. The van der Waals surface area contributed by atoms with Crippen LogP contribution in [0.15, 0.2) is 30.3 Å². The molecular weight excluding hydrogens is 368 g/mol. The van der Waals surface area contributed by atoms with Gasteiger partial charge in [-0.3, -0.25) is 9.59 Å². The molecule has 1 aromatic heterocycles. The van der Waals surface area contributed by atoms with Gasteiger partial charge in [0.25, 0.3) is 0 Å². The summed E-state index contributed by atoms with van der Waals surface area (Å²) < 4.78 is 4.60. The first-order valence-electron chi connectivity index (χ1n) is 10.2. The summed E-state index contributed by atoms with van der Waals surface area (Å²) in [5.74, 6) is 1.01. The third-order valence-corrected chi connectivity index (χ3v) is 5.67. The fourth-order valence-corrected chi connectivity index (χ4v) is 4.15. The second kappa shape index (κ2) is 8.59. The molecule has 1 amide bonds. The molecule has 1 saturated heterocycles. The molecule has 7 nitrogen and oxygen atoms in total. The number of nitrogens with one attached hydrogen (secondary N) is 1. The molecule has 7 heteroatoms. The Kier molecular flexibility index (Phi) is 5.74. The number of nitrogens with zero attached hydrogens (tertiary/aromatic N) is 3. The molecule has 2 heterocycles. The van der Waals surface area contributed by atoms with Crippen LogP contribution >= 0.6 is 0 Å². The number of ether oxygens (including phenoxy) is 1. The Morgan fingerprint density at radius 1 is 1.17 bits per heavy atom. The average Bonchev–Trinajstić information content (AvgIpc) is 3.26. The number of esters is 1. The third kappa shape index (κ3) is 4.23. The number of anilines is 1. The number of piperidine rings is 1. The Hall–Kier alpha value is -2.96. The number of amides is 1. The summed E-state index contributed by atoms with van der Waals surface area (Å²) in [6.07, 6.45) is 4.77. The van der Waals surface area contributed by atoms with Gasteiger partial charge in [-0.2, -0.15) is 0 Å². The van der Waals surface area contributed by atoms with Gasteiger partial charge in [0.15, 0.2) is 5.82 Å². The van der Waals surface area contributed by atoms with E-state index in [2.05, 4.69) is 15.0 Å². The number of hydrogen-bond donors (Lipinski definition) is 1. The van der Waals surface area contributed by atoms with Crippen molar-refractivity contribution in [3.05, 3.63) is 41.6 Å². The fraction of sp³-hybridized carbons (Fsp3) is 0.455. The van der Waals surface area contributed by atoms with Gasteiger partial charge in [-0.05, 0) is 32.1 Å². The lowest BCUT2D eigenvalue weighted by molar-refractivity contribution is -0.141. The first-order valence-corrected chi connectivity index (χ1v) is 10.2. The average molecular weight is 394 g/mol. The summed E-state index contributed by atoms with van der Waals surface area (Å²) >= 11 is 0. The van der Waals surface area contributed by atoms with Crippen molar-refractivity contribution in [2.24, 2.45) is 5.92 Å². The van der Waals surface area contributed by atoms with E-state index in [1.807, 2.05) is 30.3 Å². The van der Waals surface area contributed by atoms with E-state index >= 15 is 0 Å². The van der Waals surface area contributed by atoms with Crippen LogP contribution in [0, 0.1) is 5.92 Å². The Morgan fingerprint density at radius 3 is 2.79 bits per heavy atom. The van der Waals surface area contributed by atoms with Gasteiger partial charge in [0.1, 0.15) is 12.4 Å². The minimum atomic E-state index is -0.438. The topological polar surface area (TPSA) is 84.4 Å². The van der Waals surface area contributed by atoms with Crippen LogP contribution in [-0.2, 0) is 27.2 Å². The van der Waals surface area contributed by atoms with Crippen LogP contribution in [0.4, 0.5) is 5.82 Å². The van der Waals surface area contributed by atoms with Gasteiger partial charge < -0.3 is 15.0 Å². The fourth-order valence-electron chi connectivity index (χ4n) is 4.15. The van der Waals surface area contributed by atoms with Crippen LogP contribution in [0.2, 0.25) is 0 Å². The van der Waals surface area contributed by atoms with Crippen molar-refractivity contribution in [1.82, 2.24) is 15.3 Å². The highest BCUT2D eigenvalue weighted by molar-refractivity contribution is 5.84. The van der Waals surface area contributed by atoms with Crippen LogP contribution in [0.1, 0.15) is 30.5 Å². The van der Waals surface area contributed by atoms with Crippen LogP contribution in [0.3, 0.4) is 0 Å². The first kappa shape index (κ1) is 19.4. The SMILES string of the molecule is COC(=O)CNC(=O)C1CCCN(c2nc(-c3ccccc3)nc3c2CCC3)C1. The van der Waals surface area contributed by atoms with Gasteiger partial charge in [-0.25, -0.2) is 9.97 Å². The van der Waals surface area contributed by atoms with Crippen molar-refractivity contribution in [2.45, 2.75) is 32.1 Å². The van der Waals surface area contributed by atoms with Crippen molar-refractivity contribution in [3.63, 3.8) is 0 Å². The molecule has 1 unspecified atom stereocenters. The molecule has 152 valence electrons. The van der Waals surface area contributed by atoms with Crippen molar-refractivity contribution in [2.75, 3.05) is 31.6 Å². The molecule has 4 rings (SSSR count). The molecule has 1 aromatic carbocycles. The van der Waals surface area contributed by atoms with E-state index in [1.54, 1.807) is 0 Å². The number of benzene rings is 1. The minimum Gasteiger partial charge on any atom is -0.468 e. The quantitative estimate of drug-likeness (QED) is 0.782. The van der Waals surface area contributed by atoms with E-state index < -0.39 is 5.97 Å². The number of aryl methyl sites for hydroxylation is 1. The Balaban J connectivity index is 1.56. The van der Waals surface area contributed by atoms with Crippen LogP contribution in [-0.4, -0.2) is 48.6 Å². The molecular formula is C22H26N4O3. The van der Waals surface area contributed by atoms with E-state index in [0.717, 1.165) is 61.5 Å². The Morgan fingerprint density at radius 2 is 2.00 bits per heavy atom. The summed E-state index contributed by atoms with van der Waals surface area (Å²) in [7, 11) is 1.32. The zero-order chi connectivity index (χ0) is 20.2. The second-order valence-corrected chi connectivity index (χ2v) is 7.59. The summed E-state index contributed by atoms with van der Waals surface area (Å²) in [6.45, 7) is 1.38. The van der Waals surface area contributed by atoms with E-state index in [9.17, 15) is 9.59 Å². The monoisotopic (exact) mass is 394 g/mol. The van der Waals surface area contributed by atoms with Gasteiger partial charge in [-0.1, -0.05) is 30.3 Å². The van der Waals surface area contributed by atoms with Gasteiger partial charge in [-0.15, -0.1) is 0 Å². The number of carbonyl (C=O) groups excluding carboxylic acids is 2. The van der Waals surface area contributed by atoms with Crippen LogP contribution < -0.4 is 10.2 Å². The molecule has 1 N–H and O–H groups in total. The highest BCUT2D eigenvalue weighted by Gasteiger charge is 2.30. The second-order valence-electron chi connectivity index (χ2n) is 7.59. The smallest absolute Gasteiger partial charge is 0.325 e. The molecule has 29 heavy (non-hydrogen) atoms. The van der Waals surface area contributed by atoms with E-state index in [4.69, 9.17) is 9.97 Å². The lowest BCUT2D eigenvalue weighted by atomic mass is 9.96. The van der Waals surface area contributed by atoms with E-state index in [-0.39, 0.29) is 18.4 Å². The van der Waals surface area contributed by atoms with Crippen LogP contribution in [0.5, 0.6) is 0 Å². The highest BCUT2D eigenvalue weighted by Crippen LogP contribution is 2.33. The molecule has 1 atom stereocenters. The normalized spacial score (nSPS) is 18.2. The van der Waals surface area contributed by atoms with Gasteiger partial charge in [0, 0.05) is 29.9 Å². The molecule has 0 spiro atoms. The third-order valence-electron chi connectivity index (χ3n) is 5.67. The number of aromatic nitrogens is 2. The number of methoxy groups -OCH3 is 1. The van der Waals surface area contributed by atoms with Crippen molar-refractivity contribution in [1.29, 1.82) is 0 Å². The van der Waals surface area contributed by atoms with Crippen molar-refractivity contribution < 1.29 is 14.3 Å². The van der Waals surface area contributed by atoms with Crippen molar-refractivity contribution in [3.8, 4) is 11.4 Å². The maximum atomic E-state index is 12.5. The summed E-state index contributed by atoms with van der Waals surface area (Å²) in [5.41, 5.74) is 3.36. The number of fused-ring (bicyclic) bond motifs is 1. The molecule has 1 fully saturated rings. The summed E-state index contributed by atoms with van der Waals surface area (Å²) in [5, 5.41) is 2.69. The van der Waals surface area contributed by atoms with Crippen molar-refractivity contribution >= 4 is 17.7 Å². The molecule has 2 aromatic rings. The molecule has 2 aliphatic rings. The predicted octanol–water partition coefficient (Wildman–Crippen LogP) is 2.14. The highest BCUT2D eigenvalue weighted by atomic mass is 16.5. The lowest BCUT2D eigenvalue weighted by Crippen LogP contribution is -2.45. The Bertz CT molecular complexity index is 900. The van der Waals surface area contributed by atoms with Gasteiger partial charge in [0.05, 0.1) is 13.0 Å². The number of hydrogen-bond acceptors (Lipinski definition) is 6. The molecule has 1 aliphatic carbocycles. The first-order chi connectivity index (χ1) is 14.2. The lowest BCUT2D eigenvalue weighted by Gasteiger charge is -2.34. The van der Waals surface area contributed by atoms with E-state index in [1.165, 1.54) is 12.7 Å². The minimum absolute atomic E-state index is 0.0904. The van der Waals surface area contributed by atoms with Crippen LogP contribution in [0.25, 0.3) is 11.4 Å². The zero-order valence-corrected chi connectivity index (χ0v) is 16.7. The summed E-state index contributed by atoms with van der Waals surface area (Å²) in [6, 6.07) is 10.0. The molecule has 0 bridgehead atoms. The molecule has 0 radical (unpaired) electrons. The van der Waals surface area contributed by atoms with E-state index in [0.29, 0.717) is 6.54 Å². The largest absolute Gasteiger partial charge is 0.468 e. The number of rotatable bonds is 5. The maximum Gasteiger partial charge on any atom is 0.325 e. The number of carbonyl (C=O) groups is 2. The Labute approximate surface area is 170 Å². The van der Waals surface area contributed by atoms with Gasteiger partial charge >= 0.3 is 5.97 Å². The summed E-state index contributed by atoms with van der Waals surface area (Å²) in [4.78, 5) is 35.8.